The Morgan fingerprint density at radius 3 is 1.60 bits per heavy atom. The monoisotopic (exact) mass is 274 g/mol. The molecule has 0 unspecified atom stereocenters. The van der Waals surface area contributed by atoms with Crippen LogP contribution < -0.4 is 9.13 Å². The van der Waals surface area contributed by atoms with Crippen molar-refractivity contribution >= 4 is 0 Å². The molecule has 0 spiro atoms. The molecule has 0 bridgehead atoms. The summed E-state index contributed by atoms with van der Waals surface area (Å²) >= 11 is 0. The van der Waals surface area contributed by atoms with Crippen LogP contribution in [0.25, 0.3) is 0 Å². The first kappa shape index (κ1) is 14.6. The normalized spacial score (nSPS) is 10.7. The maximum absolute atomic E-state index is 9.09. The highest BCUT2D eigenvalue weighted by molar-refractivity contribution is 5.03. The fraction of sp³-hybridized carbons (Fsp3) is 0.375. The van der Waals surface area contributed by atoms with Gasteiger partial charge in [0.15, 0.2) is 24.8 Å². The molecular weight excluding hydrogens is 252 g/mol. The zero-order valence-corrected chi connectivity index (χ0v) is 11.7. The minimum absolute atomic E-state index is 0.0879. The van der Waals surface area contributed by atoms with Crippen molar-refractivity contribution in [2.45, 2.75) is 39.1 Å². The van der Waals surface area contributed by atoms with Crippen LogP contribution in [0.4, 0.5) is 0 Å². The third kappa shape index (κ3) is 4.40. The lowest BCUT2D eigenvalue weighted by Crippen LogP contribution is -2.36. The predicted octanol–water partition coefficient (Wildman–Crippen LogP) is 0.727. The summed E-state index contributed by atoms with van der Waals surface area (Å²) in [7, 11) is 0. The van der Waals surface area contributed by atoms with Crippen molar-refractivity contribution in [2.75, 3.05) is 0 Å². The summed E-state index contributed by atoms with van der Waals surface area (Å²) in [5.74, 6) is 0. The number of pyridine rings is 2. The largest absolute Gasteiger partial charge is 0.391 e. The topological polar surface area (TPSA) is 48.2 Å². The van der Waals surface area contributed by atoms with E-state index in [0.717, 1.165) is 37.1 Å². The van der Waals surface area contributed by atoms with E-state index >= 15 is 0 Å². The second-order valence-corrected chi connectivity index (χ2v) is 4.92. The maximum Gasteiger partial charge on any atom is 0.174 e. The van der Waals surface area contributed by atoms with E-state index in [2.05, 4.69) is 9.13 Å². The van der Waals surface area contributed by atoms with Gasteiger partial charge in [-0.1, -0.05) is 0 Å². The molecule has 2 aromatic heterocycles. The minimum atomic E-state index is 0.0879. The Morgan fingerprint density at radius 2 is 1.20 bits per heavy atom. The summed E-state index contributed by atoms with van der Waals surface area (Å²) < 4.78 is 4.22. The molecule has 20 heavy (non-hydrogen) atoms. The standard InChI is InChI=1S/C16H22N2O2/c19-13-15-5-3-9-17(11-15)7-1-2-8-18-10-4-6-16(12-18)14-20/h3-6,9-12,19-20H,1-2,7-8,13-14H2/q+2. The highest BCUT2D eigenvalue weighted by Gasteiger charge is 2.05. The van der Waals surface area contributed by atoms with Crippen molar-refractivity contribution in [3.8, 4) is 0 Å². The molecule has 2 aromatic rings. The predicted molar refractivity (Wildman–Crippen MR) is 74.4 cm³/mol. The van der Waals surface area contributed by atoms with Crippen molar-refractivity contribution < 1.29 is 19.3 Å². The number of rotatable bonds is 7. The van der Waals surface area contributed by atoms with E-state index in [0.29, 0.717) is 0 Å². The number of aromatic nitrogens is 2. The molecule has 0 aromatic carbocycles. The highest BCUT2D eigenvalue weighted by Crippen LogP contribution is 1.96. The van der Waals surface area contributed by atoms with Gasteiger partial charge >= 0.3 is 0 Å². The van der Waals surface area contributed by atoms with Crippen LogP contribution in [0, 0.1) is 0 Å². The molecule has 0 saturated heterocycles. The molecule has 106 valence electrons. The van der Waals surface area contributed by atoms with Gasteiger partial charge in [-0.05, 0) is 12.1 Å². The van der Waals surface area contributed by atoms with Crippen LogP contribution in [-0.4, -0.2) is 10.2 Å². The Bertz CT molecular complexity index is 494. The van der Waals surface area contributed by atoms with E-state index in [4.69, 9.17) is 10.2 Å². The lowest BCUT2D eigenvalue weighted by molar-refractivity contribution is -0.708. The van der Waals surface area contributed by atoms with Crippen LogP contribution >= 0.6 is 0 Å². The lowest BCUT2D eigenvalue weighted by atomic mass is 10.2. The molecule has 4 nitrogen and oxygen atoms in total. The molecular formula is C16H22N2O2+2. The van der Waals surface area contributed by atoms with E-state index in [9.17, 15) is 0 Å². The first-order valence-electron chi connectivity index (χ1n) is 6.99. The smallest absolute Gasteiger partial charge is 0.174 e. The number of aryl methyl sites for hydroxylation is 2. The Balaban J connectivity index is 1.78. The van der Waals surface area contributed by atoms with Gasteiger partial charge in [0.25, 0.3) is 0 Å². The second kappa shape index (κ2) is 7.72. The summed E-state index contributed by atoms with van der Waals surface area (Å²) in [6.07, 6.45) is 10.2. The van der Waals surface area contributed by atoms with Crippen LogP contribution in [0.3, 0.4) is 0 Å². The first-order chi connectivity index (χ1) is 9.81. The second-order valence-electron chi connectivity index (χ2n) is 4.92. The van der Waals surface area contributed by atoms with Crippen molar-refractivity contribution in [1.29, 1.82) is 0 Å². The Labute approximate surface area is 119 Å². The van der Waals surface area contributed by atoms with Gasteiger partial charge in [0.1, 0.15) is 13.1 Å². The van der Waals surface area contributed by atoms with Crippen molar-refractivity contribution in [3.63, 3.8) is 0 Å². The highest BCUT2D eigenvalue weighted by atomic mass is 16.3. The minimum Gasteiger partial charge on any atom is -0.391 e. The average molecular weight is 274 g/mol. The molecule has 0 fully saturated rings. The van der Waals surface area contributed by atoms with Gasteiger partial charge < -0.3 is 10.2 Å². The van der Waals surface area contributed by atoms with Crippen molar-refractivity contribution in [1.82, 2.24) is 0 Å². The zero-order valence-electron chi connectivity index (χ0n) is 11.7. The molecule has 0 aliphatic heterocycles. The van der Waals surface area contributed by atoms with Crippen LogP contribution in [0.5, 0.6) is 0 Å². The summed E-state index contributed by atoms with van der Waals surface area (Å²) in [5.41, 5.74) is 1.88. The number of unbranched alkanes of at least 4 members (excludes halogenated alkanes) is 1. The fourth-order valence-corrected chi connectivity index (χ4v) is 2.21. The van der Waals surface area contributed by atoms with Crippen molar-refractivity contribution in [3.05, 3.63) is 60.2 Å². The average Bonchev–Trinajstić information content (AvgIpc) is 2.52. The van der Waals surface area contributed by atoms with Gasteiger partial charge in [0, 0.05) is 36.1 Å². The summed E-state index contributed by atoms with van der Waals surface area (Å²) in [6, 6.07) is 7.77. The Morgan fingerprint density at radius 1 is 0.750 bits per heavy atom. The van der Waals surface area contributed by atoms with Gasteiger partial charge in [-0.15, -0.1) is 0 Å². The SMILES string of the molecule is OCc1ccc[n+](CCCC[n+]2cccc(CO)c2)c1. The zero-order chi connectivity index (χ0) is 14.2. The Hall–Kier alpha value is -1.78. The van der Waals surface area contributed by atoms with E-state index < -0.39 is 0 Å². The molecule has 0 radical (unpaired) electrons. The summed E-state index contributed by atoms with van der Waals surface area (Å²) in [6.45, 7) is 2.08. The van der Waals surface area contributed by atoms with Gasteiger partial charge in [0.05, 0.1) is 13.2 Å². The number of aliphatic hydroxyl groups is 2. The molecule has 0 aliphatic rings. The molecule has 2 N–H and O–H groups in total. The maximum atomic E-state index is 9.09. The van der Waals surface area contributed by atoms with E-state index in [1.807, 2.05) is 49.1 Å². The fourth-order valence-electron chi connectivity index (χ4n) is 2.21. The summed E-state index contributed by atoms with van der Waals surface area (Å²) in [4.78, 5) is 0. The van der Waals surface area contributed by atoms with Crippen LogP contribution in [0.15, 0.2) is 49.1 Å². The third-order valence-corrected chi connectivity index (χ3v) is 3.29. The number of nitrogens with zero attached hydrogens (tertiary/aromatic N) is 2. The van der Waals surface area contributed by atoms with Gasteiger partial charge in [-0.3, -0.25) is 0 Å². The quantitative estimate of drug-likeness (QED) is 0.577. The van der Waals surface area contributed by atoms with Gasteiger partial charge in [-0.25, -0.2) is 9.13 Å². The van der Waals surface area contributed by atoms with Crippen LogP contribution in [0.1, 0.15) is 24.0 Å². The molecule has 4 heteroatoms. The number of hydrogen-bond donors (Lipinski definition) is 2. The molecule has 2 heterocycles. The molecule has 2 rings (SSSR count). The van der Waals surface area contributed by atoms with E-state index in [-0.39, 0.29) is 13.2 Å². The summed E-state index contributed by atoms with van der Waals surface area (Å²) in [5, 5.41) is 18.2. The lowest BCUT2D eigenvalue weighted by Gasteiger charge is -2.00. The third-order valence-electron chi connectivity index (χ3n) is 3.29. The van der Waals surface area contributed by atoms with E-state index in [1.165, 1.54) is 0 Å². The van der Waals surface area contributed by atoms with Gasteiger partial charge in [0.2, 0.25) is 0 Å². The Kier molecular flexibility index (Phi) is 5.65. The first-order valence-corrected chi connectivity index (χ1v) is 6.99. The molecule has 0 aliphatic carbocycles. The molecule has 0 amide bonds. The van der Waals surface area contributed by atoms with E-state index in [1.54, 1.807) is 0 Å². The number of aliphatic hydroxyl groups excluding tert-OH is 2. The molecule has 0 atom stereocenters. The van der Waals surface area contributed by atoms with Gasteiger partial charge in [-0.2, -0.15) is 0 Å². The van der Waals surface area contributed by atoms with Crippen LogP contribution in [-0.2, 0) is 26.3 Å². The number of hydrogen-bond acceptors (Lipinski definition) is 2. The molecule has 0 saturated carbocycles. The van der Waals surface area contributed by atoms with Crippen molar-refractivity contribution in [2.24, 2.45) is 0 Å². The van der Waals surface area contributed by atoms with Crippen LogP contribution in [0.2, 0.25) is 0 Å².